The minimum Gasteiger partial charge on any atom is -0.496 e. The molecule has 0 aliphatic carbocycles. The number of halogens is 1. The van der Waals surface area contributed by atoms with E-state index in [4.69, 9.17) is 19.2 Å². The lowest BCUT2D eigenvalue weighted by Gasteiger charge is -2.27. The van der Waals surface area contributed by atoms with Crippen molar-refractivity contribution in [2.24, 2.45) is 4.99 Å². The smallest absolute Gasteiger partial charge is 0.271 e. The second-order valence-electron chi connectivity index (χ2n) is 10.6. The number of rotatable bonds is 8. The molecule has 0 bridgehead atoms. The van der Waals surface area contributed by atoms with Crippen LogP contribution < -0.4 is 29.1 Å². The van der Waals surface area contributed by atoms with Crippen LogP contribution in [0.25, 0.3) is 16.8 Å². The number of ketones is 1. The van der Waals surface area contributed by atoms with E-state index in [1.54, 1.807) is 56.1 Å². The Bertz CT molecular complexity index is 2300. The number of aromatic nitrogens is 1. The number of benzene rings is 4. The number of allylic oxidation sites excluding steroid dienone is 2. The zero-order chi connectivity index (χ0) is 32.5. The van der Waals surface area contributed by atoms with Gasteiger partial charge in [-0.3, -0.25) is 14.2 Å². The predicted molar refractivity (Wildman–Crippen MR) is 181 cm³/mol. The average molecular weight is 695 g/mol. The van der Waals surface area contributed by atoms with Crippen molar-refractivity contribution in [3.8, 4) is 23.3 Å². The lowest BCUT2D eigenvalue weighted by Crippen LogP contribution is -2.39. The first-order valence-electron chi connectivity index (χ1n) is 14.3. The third-order valence-electron chi connectivity index (χ3n) is 7.92. The van der Waals surface area contributed by atoms with Crippen molar-refractivity contribution in [1.82, 2.24) is 4.57 Å². The highest BCUT2D eigenvalue weighted by molar-refractivity contribution is 9.10. The Morgan fingerprint density at radius 1 is 1.04 bits per heavy atom. The van der Waals surface area contributed by atoms with Gasteiger partial charge in [-0.05, 0) is 60.5 Å². The molecule has 0 saturated heterocycles. The van der Waals surface area contributed by atoms with Crippen molar-refractivity contribution in [3.05, 3.63) is 130 Å². The van der Waals surface area contributed by atoms with Crippen molar-refractivity contribution >= 4 is 49.9 Å². The molecule has 46 heavy (non-hydrogen) atoms. The van der Waals surface area contributed by atoms with E-state index in [9.17, 15) is 14.9 Å². The molecule has 230 valence electrons. The standard InChI is InChI=1S/C36H28BrN3O5S/c1-20-32(21(2)41)34(33-26-12-8-7-9-22(26)13-14-28(33)43-3)40-35(42)31(46-36(40)39-20)16-25-15-29(44-4)30(17-27(25)37)45-19-24-11-6-5-10-23(24)18-38/h5-17,34H,19H2,1-4H3/b31-16-/t34-/m0/s1. The lowest BCUT2D eigenvalue weighted by atomic mass is 9.89. The van der Waals surface area contributed by atoms with Gasteiger partial charge in [0.05, 0.1) is 36.4 Å². The molecule has 1 atom stereocenters. The minimum absolute atomic E-state index is 0.170. The van der Waals surface area contributed by atoms with Gasteiger partial charge in [0.1, 0.15) is 12.4 Å². The highest BCUT2D eigenvalue weighted by Crippen LogP contribution is 2.40. The van der Waals surface area contributed by atoms with Crippen molar-refractivity contribution in [3.63, 3.8) is 0 Å². The topological polar surface area (TPSA) is 103 Å². The van der Waals surface area contributed by atoms with Gasteiger partial charge in [-0.2, -0.15) is 5.26 Å². The van der Waals surface area contributed by atoms with Crippen LogP contribution in [0, 0.1) is 11.3 Å². The Morgan fingerprint density at radius 2 is 1.78 bits per heavy atom. The zero-order valence-corrected chi connectivity index (χ0v) is 27.9. The van der Waals surface area contributed by atoms with Crippen LogP contribution in [0.15, 0.2) is 98.3 Å². The van der Waals surface area contributed by atoms with Gasteiger partial charge in [-0.15, -0.1) is 0 Å². The number of fused-ring (bicyclic) bond motifs is 2. The van der Waals surface area contributed by atoms with Gasteiger partial charge in [0.25, 0.3) is 5.56 Å². The number of methoxy groups -OCH3 is 2. The SMILES string of the molecule is COc1cc(/C=c2\sc3n(c2=O)[C@H](c2c(OC)ccc4ccccc24)C(C(C)=O)=C(C)N=3)c(Br)cc1OCc1ccccc1C#N. The molecule has 0 amide bonds. The van der Waals surface area contributed by atoms with Crippen LogP contribution in [0.1, 0.15) is 42.1 Å². The van der Waals surface area contributed by atoms with Crippen LogP contribution in [0.5, 0.6) is 17.2 Å². The molecule has 0 radical (unpaired) electrons. The summed E-state index contributed by atoms with van der Waals surface area (Å²) < 4.78 is 20.2. The highest BCUT2D eigenvalue weighted by atomic mass is 79.9. The van der Waals surface area contributed by atoms with Crippen LogP contribution >= 0.6 is 27.3 Å². The molecule has 0 unspecified atom stereocenters. The van der Waals surface area contributed by atoms with Gasteiger partial charge in [-0.25, -0.2) is 4.99 Å². The Kier molecular flexibility index (Phi) is 8.63. The first-order chi connectivity index (χ1) is 22.2. The van der Waals surface area contributed by atoms with Crippen LogP contribution in [-0.4, -0.2) is 24.6 Å². The molecule has 8 nitrogen and oxygen atoms in total. The minimum atomic E-state index is -0.734. The summed E-state index contributed by atoms with van der Waals surface area (Å²) in [4.78, 5) is 32.6. The number of hydrogen-bond acceptors (Lipinski definition) is 8. The molecule has 0 fully saturated rings. The molecule has 1 aliphatic heterocycles. The molecule has 1 aliphatic rings. The fourth-order valence-electron chi connectivity index (χ4n) is 5.77. The van der Waals surface area contributed by atoms with E-state index in [0.717, 1.165) is 21.9 Å². The van der Waals surface area contributed by atoms with Crippen LogP contribution in [0.3, 0.4) is 0 Å². The quantitative estimate of drug-likeness (QED) is 0.192. The van der Waals surface area contributed by atoms with Crippen LogP contribution in [0.4, 0.5) is 0 Å². The number of thiazole rings is 1. The van der Waals surface area contributed by atoms with Gasteiger partial charge in [0.15, 0.2) is 22.1 Å². The van der Waals surface area contributed by atoms with E-state index < -0.39 is 6.04 Å². The monoisotopic (exact) mass is 693 g/mol. The summed E-state index contributed by atoms with van der Waals surface area (Å²) in [7, 11) is 3.13. The van der Waals surface area contributed by atoms with Crippen LogP contribution in [0.2, 0.25) is 0 Å². The second-order valence-corrected chi connectivity index (χ2v) is 12.5. The Labute approximate surface area is 277 Å². The molecule has 10 heteroatoms. The predicted octanol–water partition coefficient (Wildman–Crippen LogP) is 6.21. The van der Waals surface area contributed by atoms with Crippen molar-refractivity contribution in [1.29, 1.82) is 5.26 Å². The fraction of sp³-hybridized carbons (Fsp3) is 0.167. The normalized spacial score (nSPS) is 14.4. The maximum atomic E-state index is 14.3. The summed E-state index contributed by atoms with van der Waals surface area (Å²) in [5, 5.41) is 11.3. The number of hydrogen-bond donors (Lipinski definition) is 0. The fourth-order valence-corrected chi connectivity index (χ4v) is 7.24. The van der Waals surface area contributed by atoms with Crippen molar-refractivity contribution in [2.75, 3.05) is 14.2 Å². The number of Topliss-reactive ketones (excluding diaryl/α,β-unsaturated/α-hetero) is 1. The van der Waals surface area contributed by atoms with Gasteiger partial charge < -0.3 is 14.2 Å². The first kappa shape index (κ1) is 31.0. The van der Waals surface area contributed by atoms with E-state index in [1.807, 2.05) is 48.5 Å². The number of carbonyl (C=O) groups excluding carboxylic acids is 1. The summed E-state index contributed by atoms with van der Waals surface area (Å²) in [6.45, 7) is 3.48. The summed E-state index contributed by atoms with van der Waals surface area (Å²) in [5.41, 5.74) is 3.43. The third-order valence-corrected chi connectivity index (χ3v) is 9.59. The van der Waals surface area contributed by atoms with E-state index in [1.165, 1.54) is 18.3 Å². The molecule has 1 aromatic heterocycles. The van der Waals surface area contributed by atoms with E-state index in [2.05, 4.69) is 22.0 Å². The Morgan fingerprint density at radius 3 is 2.52 bits per heavy atom. The Balaban J connectivity index is 1.48. The van der Waals surface area contributed by atoms with E-state index in [0.29, 0.717) is 53.5 Å². The molecule has 6 rings (SSSR count). The maximum Gasteiger partial charge on any atom is 0.271 e. The first-order valence-corrected chi connectivity index (χ1v) is 15.9. The van der Waals surface area contributed by atoms with E-state index >= 15 is 0 Å². The molecule has 5 aromatic rings. The maximum absolute atomic E-state index is 14.3. The van der Waals surface area contributed by atoms with Gasteiger partial charge in [0.2, 0.25) is 0 Å². The average Bonchev–Trinajstić information content (AvgIpc) is 3.37. The van der Waals surface area contributed by atoms with Crippen LogP contribution in [-0.2, 0) is 11.4 Å². The number of carbonyl (C=O) groups is 1. The van der Waals surface area contributed by atoms with Crippen molar-refractivity contribution in [2.45, 2.75) is 26.5 Å². The number of ether oxygens (including phenoxy) is 3. The third kappa shape index (κ3) is 5.53. The molecular formula is C36H28BrN3O5S. The Hall–Kier alpha value is -4.98. The van der Waals surface area contributed by atoms with Crippen molar-refractivity contribution < 1.29 is 19.0 Å². The van der Waals surface area contributed by atoms with Gasteiger partial charge in [-0.1, -0.05) is 75.8 Å². The van der Waals surface area contributed by atoms with Gasteiger partial charge >= 0.3 is 0 Å². The highest BCUT2D eigenvalue weighted by Gasteiger charge is 2.34. The summed E-state index contributed by atoms with van der Waals surface area (Å²) in [6, 6.07) is 23.9. The summed E-state index contributed by atoms with van der Waals surface area (Å²) in [5.74, 6) is 1.35. The molecule has 0 N–H and O–H groups in total. The summed E-state index contributed by atoms with van der Waals surface area (Å²) in [6.07, 6.45) is 1.77. The molecule has 4 aromatic carbocycles. The molecule has 0 spiro atoms. The summed E-state index contributed by atoms with van der Waals surface area (Å²) >= 11 is 4.88. The van der Waals surface area contributed by atoms with E-state index in [-0.39, 0.29) is 17.9 Å². The molecular weight excluding hydrogens is 666 g/mol. The largest absolute Gasteiger partial charge is 0.496 e. The lowest BCUT2D eigenvalue weighted by molar-refractivity contribution is -0.114. The number of nitriles is 1. The molecule has 2 heterocycles. The van der Waals surface area contributed by atoms with Gasteiger partial charge in [0, 0.05) is 26.9 Å². The molecule has 0 saturated carbocycles. The zero-order valence-electron chi connectivity index (χ0n) is 25.5. The number of nitrogens with zero attached hydrogens (tertiary/aromatic N) is 3. The second kappa shape index (κ2) is 12.8.